The van der Waals surface area contributed by atoms with Gasteiger partial charge in [0.25, 0.3) is 0 Å². The lowest BCUT2D eigenvalue weighted by atomic mass is 9.96. The Kier molecular flexibility index (Phi) is 2.90. The minimum atomic E-state index is -1.15. The number of phenolic OH excluding ortho intramolecular Hbond substituents is 1. The Hall–Kier alpha value is -1.51. The number of carboxylic acid groups (broad SMARTS) is 1. The molecule has 1 aromatic rings. The lowest BCUT2D eigenvalue weighted by molar-refractivity contribution is -0.308. The predicted molar refractivity (Wildman–Crippen MR) is 46.1 cm³/mol. The van der Waals surface area contributed by atoms with Gasteiger partial charge in [-0.1, -0.05) is 25.1 Å². The maximum absolute atomic E-state index is 10.7. The second kappa shape index (κ2) is 3.94. The molecule has 0 saturated carbocycles. The zero-order valence-electron chi connectivity index (χ0n) is 7.36. The molecule has 0 aliphatic carbocycles. The van der Waals surface area contributed by atoms with Gasteiger partial charge in [0, 0.05) is 17.5 Å². The Morgan fingerprint density at radius 1 is 1.54 bits per heavy atom. The first kappa shape index (κ1) is 9.58. The second-order valence-corrected chi connectivity index (χ2v) is 2.84. The summed E-state index contributed by atoms with van der Waals surface area (Å²) < 4.78 is 0. The molecule has 0 aliphatic rings. The first-order chi connectivity index (χ1) is 6.16. The number of rotatable bonds is 3. The van der Waals surface area contributed by atoms with Gasteiger partial charge in [0.2, 0.25) is 0 Å². The molecule has 1 aromatic carbocycles. The SMILES string of the molecule is CCC(C(=O)[O-])c1ccccc1O. The van der Waals surface area contributed by atoms with Crippen LogP contribution in [0.1, 0.15) is 24.8 Å². The average molecular weight is 179 g/mol. The smallest absolute Gasteiger partial charge is 0.119 e. The third-order valence-electron chi connectivity index (χ3n) is 2.00. The summed E-state index contributed by atoms with van der Waals surface area (Å²) >= 11 is 0. The molecule has 0 saturated heterocycles. The van der Waals surface area contributed by atoms with Crippen molar-refractivity contribution in [2.75, 3.05) is 0 Å². The van der Waals surface area contributed by atoms with Crippen molar-refractivity contribution in [2.45, 2.75) is 19.3 Å². The third-order valence-corrected chi connectivity index (χ3v) is 2.00. The van der Waals surface area contributed by atoms with Crippen molar-refractivity contribution in [2.24, 2.45) is 0 Å². The van der Waals surface area contributed by atoms with Crippen molar-refractivity contribution in [3.05, 3.63) is 29.8 Å². The Morgan fingerprint density at radius 3 is 2.62 bits per heavy atom. The van der Waals surface area contributed by atoms with E-state index in [-0.39, 0.29) is 5.75 Å². The number of hydrogen-bond donors (Lipinski definition) is 1. The summed E-state index contributed by atoms with van der Waals surface area (Å²) in [7, 11) is 0. The number of aromatic hydroxyl groups is 1. The van der Waals surface area contributed by atoms with Crippen LogP contribution in [0.25, 0.3) is 0 Å². The Labute approximate surface area is 76.6 Å². The highest BCUT2D eigenvalue weighted by Crippen LogP contribution is 2.26. The number of carbonyl (C=O) groups excluding carboxylic acids is 1. The van der Waals surface area contributed by atoms with Gasteiger partial charge in [-0.3, -0.25) is 0 Å². The van der Waals surface area contributed by atoms with Crippen molar-refractivity contribution in [1.29, 1.82) is 0 Å². The van der Waals surface area contributed by atoms with Gasteiger partial charge in [-0.05, 0) is 12.5 Å². The molecule has 0 fully saturated rings. The van der Waals surface area contributed by atoms with E-state index in [9.17, 15) is 15.0 Å². The molecule has 1 unspecified atom stereocenters. The monoisotopic (exact) mass is 179 g/mol. The van der Waals surface area contributed by atoms with Crippen LogP contribution in [0, 0.1) is 0 Å². The van der Waals surface area contributed by atoms with Gasteiger partial charge >= 0.3 is 0 Å². The van der Waals surface area contributed by atoms with E-state index in [1.807, 2.05) is 0 Å². The molecule has 1 rings (SSSR count). The van der Waals surface area contributed by atoms with E-state index in [2.05, 4.69) is 0 Å². The van der Waals surface area contributed by atoms with E-state index >= 15 is 0 Å². The topological polar surface area (TPSA) is 60.4 Å². The summed E-state index contributed by atoms with van der Waals surface area (Å²) in [5, 5.41) is 20.0. The number of aliphatic carboxylic acids is 1. The predicted octanol–water partition coefficient (Wildman–Crippen LogP) is 0.636. The molecular weight excluding hydrogens is 168 g/mol. The fourth-order valence-corrected chi connectivity index (χ4v) is 1.30. The fourth-order valence-electron chi connectivity index (χ4n) is 1.30. The van der Waals surface area contributed by atoms with Gasteiger partial charge < -0.3 is 15.0 Å². The van der Waals surface area contributed by atoms with E-state index in [4.69, 9.17) is 0 Å². The highest BCUT2D eigenvalue weighted by Gasteiger charge is 2.13. The lowest BCUT2D eigenvalue weighted by Gasteiger charge is -2.17. The lowest BCUT2D eigenvalue weighted by Crippen LogP contribution is -2.29. The number of carbonyl (C=O) groups is 1. The summed E-state index contributed by atoms with van der Waals surface area (Å²) in [6, 6.07) is 6.42. The molecule has 13 heavy (non-hydrogen) atoms. The molecule has 0 amide bonds. The largest absolute Gasteiger partial charge is 0.549 e. The molecule has 0 aromatic heterocycles. The van der Waals surface area contributed by atoms with Crippen LogP contribution in [0.2, 0.25) is 0 Å². The van der Waals surface area contributed by atoms with Gasteiger partial charge in [0.15, 0.2) is 0 Å². The number of carboxylic acids is 1. The summed E-state index contributed by atoms with van der Waals surface area (Å²) in [6.45, 7) is 1.74. The van der Waals surface area contributed by atoms with Gasteiger partial charge in [0.1, 0.15) is 5.75 Å². The molecule has 0 bridgehead atoms. The fraction of sp³-hybridized carbons (Fsp3) is 0.300. The van der Waals surface area contributed by atoms with Gasteiger partial charge in [-0.15, -0.1) is 0 Å². The molecule has 0 radical (unpaired) electrons. The Bertz CT molecular complexity index is 307. The van der Waals surface area contributed by atoms with Crippen LogP contribution in [-0.2, 0) is 4.79 Å². The minimum absolute atomic E-state index is 0.0125. The summed E-state index contributed by atoms with van der Waals surface area (Å²) in [6.07, 6.45) is 0.417. The van der Waals surface area contributed by atoms with Crippen LogP contribution in [-0.4, -0.2) is 11.1 Å². The molecule has 1 N–H and O–H groups in total. The molecule has 1 atom stereocenters. The highest BCUT2D eigenvalue weighted by atomic mass is 16.4. The maximum atomic E-state index is 10.7. The van der Waals surface area contributed by atoms with Gasteiger partial charge in [-0.2, -0.15) is 0 Å². The normalized spacial score (nSPS) is 12.4. The van der Waals surface area contributed by atoms with Crippen molar-refractivity contribution >= 4 is 5.97 Å². The quantitative estimate of drug-likeness (QED) is 0.740. The Balaban J connectivity index is 3.04. The number of hydrogen-bond acceptors (Lipinski definition) is 3. The Morgan fingerprint density at radius 2 is 2.15 bits per heavy atom. The molecule has 3 heteroatoms. The zero-order valence-corrected chi connectivity index (χ0v) is 7.36. The van der Waals surface area contributed by atoms with Crippen molar-refractivity contribution in [3.8, 4) is 5.75 Å². The molecule has 0 spiro atoms. The van der Waals surface area contributed by atoms with Crippen molar-refractivity contribution in [1.82, 2.24) is 0 Å². The summed E-state index contributed by atoms with van der Waals surface area (Å²) in [4.78, 5) is 10.7. The first-order valence-corrected chi connectivity index (χ1v) is 4.15. The highest BCUT2D eigenvalue weighted by molar-refractivity contribution is 5.75. The van der Waals surface area contributed by atoms with Crippen LogP contribution in [0.4, 0.5) is 0 Å². The molecule has 70 valence electrons. The van der Waals surface area contributed by atoms with E-state index in [1.54, 1.807) is 25.1 Å². The maximum Gasteiger partial charge on any atom is 0.119 e. The van der Waals surface area contributed by atoms with Crippen LogP contribution in [0.3, 0.4) is 0 Å². The summed E-state index contributed by atoms with van der Waals surface area (Å²) in [5.41, 5.74) is 0.421. The standard InChI is InChI=1S/C10H12O3/c1-2-7(10(12)13)8-5-3-4-6-9(8)11/h3-7,11H,2H2,1H3,(H,12,13)/p-1. The number of benzene rings is 1. The van der Waals surface area contributed by atoms with E-state index < -0.39 is 11.9 Å². The number of para-hydroxylation sites is 1. The van der Waals surface area contributed by atoms with Gasteiger partial charge in [0.05, 0.1) is 0 Å². The third kappa shape index (κ3) is 1.99. The van der Waals surface area contributed by atoms with Crippen LogP contribution in [0.5, 0.6) is 5.75 Å². The van der Waals surface area contributed by atoms with Crippen LogP contribution >= 0.6 is 0 Å². The van der Waals surface area contributed by atoms with Crippen molar-refractivity contribution < 1.29 is 15.0 Å². The van der Waals surface area contributed by atoms with Gasteiger partial charge in [-0.25, -0.2) is 0 Å². The molecule has 0 aliphatic heterocycles. The zero-order chi connectivity index (χ0) is 9.84. The minimum Gasteiger partial charge on any atom is -0.549 e. The molecular formula is C10H11O3-. The molecule has 3 nitrogen and oxygen atoms in total. The second-order valence-electron chi connectivity index (χ2n) is 2.84. The summed E-state index contributed by atoms with van der Waals surface area (Å²) in [5.74, 6) is -1.86. The van der Waals surface area contributed by atoms with E-state index in [0.717, 1.165) is 0 Å². The first-order valence-electron chi connectivity index (χ1n) is 4.15. The van der Waals surface area contributed by atoms with Crippen LogP contribution in [0.15, 0.2) is 24.3 Å². The van der Waals surface area contributed by atoms with E-state index in [1.165, 1.54) is 6.07 Å². The average Bonchev–Trinajstić information content (AvgIpc) is 2.09. The van der Waals surface area contributed by atoms with Crippen molar-refractivity contribution in [3.63, 3.8) is 0 Å². The van der Waals surface area contributed by atoms with Crippen LogP contribution < -0.4 is 5.11 Å². The number of phenols is 1. The molecule has 0 heterocycles. The van der Waals surface area contributed by atoms with E-state index in [0.29, 0.717) is 12.0 Å².